The summed E-state index contributed by atoms with van der Waals surface area (Å²) in [5.41, 5.74) is -1.97. The summed E-state index contributed by atoms with van der Waals surface area (Å²) in [4.78, 5) is 0. The Balaban J connectivity index is 4.72. The summed E-state index contributed by atoms with van der Waals surface area (Å²) in [5, 5.41) is 0. The van der Waals surface area contributed by atoms with Gasteiger partial charge >= 0.3 is 12.4 Å². The van der Waals surface area contributed by atoms with Crippen LogP contribution in [0.5, 0.6) is 0 Å². The van der Waals surface area contributed by atoms with Crippen LogP contribution in [-0.2, 0) is 9.47 Å². The third kappa shape index (κ3) is 5.02. The van der Waals surface area contributed by atoms with Crippen LogP contribution in [0.15, 0.2) is 0 Å². The van der Waals surface area contributed by atoms with E-state index in [2.05, 4.69) is 9.47 Å². The largest absolute Gasteiger partial charge is 0.423 e. The van der Waals surface area contributed by atoms with E-state index in [1.807, 2.05) is 0 Å². The molecule has 0 bridgehead atoms. The van der Waals surface area contributed by atoms with Crippen molar-refractivity contribution in [2.45, 2.75) is 31.8 Å². The zero-order valence-electron chi connectivity index (χ0n) is 8.79. The van der Waals surface area contributed by atoms with Gasteiger partial charge in [0.25, 0.3) is 0 Å². The summed E-state index contributed by atoms with van der Waals surface area (Å²) < 4.78 is 80.6. The molecule has 0 saturated carbocycles. The van der Waals surface area contributed by atoms with E-state index in [1.165, 1.54) is 0 Å². The fourth-order valence-corrected chi connectivity index (χ4v) is 0.844. The predicted molar refractivity (Wildman–Crippen MR) is 42.4 cm³/mol. The number of ether oxygens (including phenoxy) is 2. The molecule has 0 saturated heterocycles. The van der Waals surface area contributed by atoms with Crippen LogP contribution in [0.1, 0.15) is 13.8 Å². The van der Waals surface area contributed by atoms with Gasteiger partial charge in [0.2, 0.25) is 6.10 Å². The lowest BCUT2D eigenvalue weighted by molar-refractivity contribution is -0.242. The standard InChI is InChI=1S/C8H11F6O2/c1-6(2,15-3)5(8(12,13)14)16-4-7(9,10)11/h4H2,1-3H3. The van der Waals surface area contributed by atoms with Crippen molar-refractivity contribution < 1.29 is 35.8 Å². The third-order valence-corrected chi connectivity index (χ3v) is 1.69. The Kier molecular flexibility index (Phi) is 4.64. The topological polar surface area (TPSA) is 18.5 Å². The normalized spacial score (nSPS) is 14.6. The molecule has 0 aliphatic heterocycles. The molecule has 0 aromatic carbocycles. The van der Waals surface area contributed by atoms with E-state index >= 15 is 0 Å². The van der Waals surface area contributed by atoms with E-state index in [0.717, 1.165) is 21.0 Å². The molecule has 0 N–H and O–H groups in total. The van der Waals surface area contributed by atoms with Crippen LogP contribution in [0.25, 0.3) is 0 Å². The second-order valence-electron chi connectivity index (χ2n) is 3.45. The molecule has 0 heterocycles. The molecule has 8 heteroatoms. The molecule has 2 nitrogen and oxygen atoms in total. The van der Waals surface area contributed by atoms with Crippen molar-refractivity contribution in [3.63, 3.8) is 0 Å². The summed E-state index contributed by atoms with van der Waals surface area (Å²) in [7, 11) is 0.947. The second-order valence-corrected chi connectivity index (χ2v) is 3.45. The Morgan fingerprint density at radius 1 is 1.00 bits per heavy atom. The van der Waals surface area contributed by atoms with E-state index < -0.39 is 30.7 Å². The molecule has 1 radical (unpaired) electrons. The van der Waals surface area contributed by atoms with Crippen molar-refractivity contribution in [1.29, 1.82) is 0 Å². The Morgan fingerprint density at radius 2 is 1.44 bits per heavy atom. The van der Waals surface area contributed by atoms with Gasteiger partial charge in [-0.15, -0.1) is 0 Å². The molecule has 0 rings (SSSR count). The summed E-state index contributed by atoms with van der Waals surface area (Å²) in [6, 6.07) is 0. The molecular formula is C8H11F6O2. The molecule has 0 spiro atoms. The Morgan fingerprint density at radius 3 is 1.69 bits per heavy atom. The van der Waals surface area contributed by atoms with Gasteiger partial charge in [0.1, 0.15) is 12.2 Å². The van der Waals surface area contributed by atoms with Gasteiger partial charge in [-0.2, -0.15) is 26.3 Å². The fourth-order valence-electron chi connectivity index (χ4n) is 0.844. The minimum Gasteiger partial charge on any atom is -0.375 e. The maximum absolute atomic E-state index is 12.4. The van der Waals surface area contributed by atoms with Crippen LogP contribution in [-0.4, -0.2) is 31.7 Å². The Bertz CT molecular complexity index is 220. The minimum atomic E-state index is -5.01. The first-order valence-electron chi connectivity index (χ1n) is 4.09. The molecule has 16 heavy (non-hydrogen) atoms. The maximum Gasteiger partial charge on any atom is 0.423 e. The highest BCUT2D eigenvalue weighted by molar-refractivity contribution is 5.03. The van der Waals surface area contributed by atoms with E-state index in [1.54, 1.807) is 0 Å². The van der Waals surface area contributed by atoms with Crippen LogP contribution in [0, 0.1) is 6.10 Å². The molecule has 0 fully saturated rings. The van der Waals surface area contributed by atoms with Gasteiger partial charge < -0.3 is 9.47 Å². The monoisotopic (exact) mass is 253 g/mol. The summed E-state index contributed by atoms with van der Waals surface area (Å²) in [5.74, 6) is 0. The Hall–Kier alpha value is -0.500. The lowest BCUT2D eigenvalue weighted by Crippen LogP contribution is -2.44. The van der Waals surface area contributed by atoms with Crippen molar-refractivity contribution in [3.05, 3.63) is 6.10 Å². The van der Waals surface area contributed by atoms with Gasteiger partial charge in [0.15, 0.2) is 0 Å². The highest BCUT2D eigenvalue weighted by Gasteiger charge is 2.53. The highest BCUT2D eigenvalue weighted by Crippen LogP contribution is 2.39. The first-order chi connectivity index (χ1) is 6.90. The molecule has 0 atom stereocenters. The quantitative estimate of drug-likeness (QED) is 0.717. The first-order valence-corrected chi connectivity index (χ1v) is 4.09. The van der Waals surface area contributed by atoms with Crippen molar-refractivity contribution in [1.82, 2.24) is 0 Å². The van der Waals surface area contributed by atoms with Crippen LogP contribution < -0.4 is 0 Å². The zero-order chi connectivity index (χ0) is 13.2. The van der Waals surface area contributed by atoms with E-state index in [0.29, 0.717) is 0 Å². The van der Waals surface area contributed by atoms with Crippen LogP contribution in [0.2, 0.25) is 0 Å². The summed E-state index contributed by atoms with van der Waals surface area (Å²) >= 11 is 0. The maximum atomic E-state index is 12.4. The lowest BCUT2D eigenvalue weighted by Gasteiger charge is -2.32. The van der Waals surface area contributed by atoms with Gasteiger partial charge in [-0.3, -0.25) is 0 Å². The summed E-state index contributed by atoms with van der Waals surface area (Å²) in [6.07, 6.45) is -11.6. The smallest absolute Gasteiger partial charge is 0.375 e. The number of rotatable bonds is 4. The van der Waals surface area contributed by atoms with Crippen LogP contribution in [0.3, 0.4) is 0 Å². The average molecular weight is 253 g/mol. The predicted octanol–water partition coefficient (Wildman–Crippen LogP) is 3.08. The number of hydrogen-bond acceptors (Lipinski definition) is 2. The van der Waals surface area contributed by atoms with Crippen molar-refractivity contribution in [3.8, 4) is 0 Å². The third-order valence-electron chi connectivity index (χ3n) is 1.69. The lowest BCUT2D eigenvalue weighted by atomic mass is 10.0. The molecule has 0 aliphatic carbocycles. The van der Waals surface area contributed by atoms with Crippen molar-refractivity contribution in [2.75, 3.05) is 13.7 Å². The zero-order valence-corrected chi connectivity index (χ0v) is 8.79. The highest BCUT2D eigenvalue weighted by atomic mass is 19.4. The van der Waals surface area contributed by atoms with E-state index in [4.69, 9.17) is 0 Å². The van der Waals surface area contributed by atoms with Gasteiger partial charge in [0, 0.05) is 7.11 Å². The summed E-state index contributed by atoms with van der Waals surface area (Å²) in [6.45, 7) is -0.0764. The Labute approximate surface area is 88.5 Å². The molecule has 0 unspecified atom stereocenters. The van der Waals surface area contributed by atoms with Crippen molar-refractivity contribution >= 4 is 0 Å². The fraction of sp³-hybridized carbons (Fsp3) is 0.875. The van der Waals surface area contributed by atoms with Gasteiger partial charge in [-0.05, 0) is 13.8 Å². The molecule has 0 amide bonds. The van der Waals surface area contributed by atoms with E-state index in [9.17, 15) is 26.3 Å². The average Bonchev–Trinajstić information content (AvgIpc) is 1.99. The molecule has 97 valence electrons. The first kappa shape index (κ1) is 15.5. The van der Waals surface area contributed by atoms with Crippen LogP contribution >= 0.6 is 0 Å². The molecular weight excluding hydrogens is 242 g/mol. The van der Waals surface area contributed by atoms with Gasteiger partial charge in [-0.1, -0.05) is 0 Å². The van der Waals surface area contributed by atoms with Gasteiger partial charge in [-0.25, -0.2) is 0 Å². The number of methoxy groups -OCH3 is 1. The number of hydrogen-bond donors (Lipinski definition) is 0. The second kappa shape index (κ2) is 4.79. The van der Waals surface area contributed by atoms with E-state index in [-0.39, 0.29) is 0 Å². The molecule has 0 aromatic heterocycles. The minimum absolute atomic E-state index is 0.947. The van der Waals surface area contributed by atoms with Crippen LogP contribution in [0.4, 0.5) is 26.3 Å². The van der Waals surface area contributed by atoms with Gasteiger partial charge in [0.05, 0.1) is 0 Å². The number of alkyl halides is 6. The van der Waals surface area contributed by atoms with Crippen molar-refractivity contribution in [2.24, 2.45) is 0 Å². The molecule has 0 aliphatic rings. The number of halogens is 6. The SMILES string of the molecule is COC(C)(C)[C](OCC(F)(F)F)C(F)(F)F. The molecule has 0 aromatic rings.